The maximum absolute atomic E-state index is 13.7. The van der Waals surface area contributed by atoms with Crippen molar-refractivity contribution in [2.75, 3.05) is 65.3 Å². The highest BCUT2D eigenvalue weighted by atomic mass is 19.4. The predicted molar refractivity (Wildman–Crippen MR) is 215 cm³/mol. The van der Waals surface area contributed by atoms with Gasteiger partial charge in [-0.05, 0) is 85.6 Å². The van der Waals surface area contributed by atoms with Gasteiger partial charge in [-0.3, -0.25) is 19.4 Å². The first-order valence-corrected chi connectivity index (χ1v) is 19.8. The second kappa shape index (κ2) is 20.4. The van der Waals surface area contributed by atoms with Crippen LogP contribution in [0.4, 0.5) is 27.6 Å². The smallest absolute Gasteiger partial charge is 0.430 e. The number of likely N-dealkylation sites (N-methyl/N-ethyl adjacent to an activating group) is 3. The third-order valence-electron chi connectivity index (χ3n) is 11.2. The highest BCUT2D eigenvalue weighted by Gasteiger charge is 2.48. The molecule has 0 saturated carbocycles. The van der Waals surface area contributed by atoms with E-state index in [4.69, 9.17) is 9.90 Å². The standard InChI is InChI=1S/C43H51F2N5O3.C2HF3O2/c1-47-22-23-48(2)25-27-50(3,26-24-47)30-33-6-4-31(5-7-33)28-41(52)46-29-32-8-10-35(11-9-32)42-39(20-21-40(51)34-12-14-36(44)15-13-34)43(53)49(42)38-18-16-37(45)17-19-38;3-2(4,5)1(6)7/h4-19,39-40,42,51H,20-30H2,1-3H3;(H,6,7). The monoisotopic (exact) mass is 837 g/mol. The second-order valence-corrected chi connectivity index (χ2v) is 16.0. The number of rotatable bonds is 12. The summed E-state index contributed by atoms with van der Waals surface area (Å²) in [5, 5.41) is 22.6. The summed E-state index contributed by atoms with van der Waals surface area (Å²) in [6, 6.07) is 27.5. The van der Waals surface area contributed by atoms with E-state index in [9.17, 15) is 36.6 Å². The first-order chi connectivity index (χ1) is 28.4. The molecule has 15 heteroatoms. The molecule has 4 aromatic rings. The van der Waals surface area contributed by atoms with Crippen LogP contribution in [0.15, 0.2) is 97.1 Å². The Labute approximate surface area is 347 Å². The SMILES string of the molecule is CN1CCN(C)CC[N+](C)(Cc2ccc(CC(=O)NCc3ccc(C4C(CCC(O)c5ccc(F)cc5)C(=O)N4c4ccc(F)cc4)cc3)cc2)CC1.O=C([O-])C(F)(F)F. The van der Waals surface area contributed by atoms with Gasteiger partial charge in [-0.15, -0.1) is 0 Å². The van der Waals surface area contributed by atoms with E-state index >= 15 is 0 Å². The molecule has 6 rings (SSSR count). The number of halogens is 5. The Bertz CT molecular complexity index is 2020. The average Bonchev–Trinajstić information content (AvgIpc) is 3.27. The predicted octanol–water partition coefficient (Wildman–Crippen LogP) is 5.16. The number of quaternary nitrogens is 1. The minimum Gasteiger partial charge on any atom is -0.542 e. The maximum Gasteiger partial charge on any atom is 0.430 e. The summed E-state index contributed by atoms with van der Waals surface area (Å²) >= 11 is 0. The number of nitrogens with zero attached hydrogens (tertiary/aromatic N) is 4. The number of nitrogens with one attached hydrogen (secondary N) is 1. The van der Waals surface area contributed by atoms with Crippen molar-refractivity contribution in [1.29, 1.82) is 0 Å². The van der Waals surface area contributed by atoms with Crippen molar-refractivity contribution in [1.82, 2.24) is 15.1 Å². The number of carbonyl (C=O) groups excluding carboxylic acids is 3. The van der Waals surface area contributed by atoms with Gasteiger partial charge in [0.1, 0.15) is 24.1 Å². The summed E-state index contributed by atoms with van der Waals surface area (Å²) in [4.78, 5) is 41.7. The number of aliphatic carboxylic acids is 1. The molecule has 2 fully saturated rings. The van der Waals surface area contributed by atoms with Crippen molar-refractivity contribution < 1.29 is 51.0 Å². The van der Waals surface area contributed by atoms with Crippen LogP contribution in [-0.4, -0.2) is 104 Å². The number of β-lactam (4-membered cyclic amide) rings is 1. The van der Waals surface area contributed by atoms with Crippen molar-refractivity contribution in [3.63, 3.8) is 0 Å². The number of aliphatic hydroxyl groups is 1. The van der Waals surface area contributed by atoms with Gasteiger partial charge in [0.15, 0.2) is 0 Å². The highest BCUT2D eigenvalue weighted by molar-refractivity contribution is 6.03. The van der Waals surface area contributed by atoms with E-state index in [2.05, 4.69) is 60.5 Å². The molecule has 60 heavy (non-hydrogen) atoms. The minimum absolute atomic E-state index is 0.0567. The largest absolute Gasteiger partial charge is 0.542 e. The lowest BCUT2D eigenvalue weighted by Crippen LogP contribution is -2.55. The maximum atomic E-state index is 13.7. The molecule has 2 N–H and O–H groups in total. The number of carbonyl (C=O) groups is 3. The molecule has 2 aliphatic heterocycles. The molecule has 4 aromatic carbocycles. The van der Waals surface area contributed by atoms with Crippen LogP contribution in [-0.2, 0) is 33.9 Å². The first kappa shape index (κ1) is 45.9. The molecule has 2 heterocycles. The van der Waals surface area contributed by atoms with E-state index < -0.39 is 24.2 Å². The minimum atomic E-state index is -5.19. The summed E-state index contributed by atoms with van der Waals surface area (Å²) in [6.07, 6.45) is -4.98. The fraction of sp³-hybridized carbons (Fsp3) is 0.400. The number of anilines is 1. The van der Waals surface area contributed by atoms with Gasteiger partial charge >= 0.3 is 6.18 Å². The Balaban J connectivity index is 0.000000896. The quantitative estimate of drug-likeness (QED) is 0.115. The molecule has 322 valence electrons. The molecule has 2 amide bonds. The Hall–Kier alpha value is -5.22. The zero-order valence-electron chi connectivity index (χ0n) is 34.0. The van der Waals surface area contributed by atoms with E-state index in [1.54, 1.807) is 29.2 Å². The van der Waals surface area contributed by atoms with Gasteiger partial charge < -0.3 is 29.7 Å². The third-order valence-corrected chi connectivity index (χ3v) is 11.2. The summed E-state index contributed by atoms with van der Waals surface area (Å²) in [5.41, 5.74) is 5.28. The zero-order valence-corrected chi connectivity index (χ0v) is 34.0. The summed E-state index contributed by atoms with van der Waals surface area (Å²) in [5.74, 6) is -4.31. The van der Waals surface area contributed by atoms with E-state index in [0.29, 0.717) is 37.1 Å². The van der Waals surface area contributed by atoms with Crippen LogP contribution in [0, 0.1) is 17.6 Å². The van der Waals surface area contributed by atoms with Crippen LogP contribution in [0.3, 0.4) is 0 Å². The van der Waals surface area contributed by atoms with Crippen molar-refractivity contribution in [2.24, 2.45) is 5.92 Å². The van der Waals surface area contributed by atoms with Crippen LogP contribution >= 0.6 is 0 Å². The molecular formula is C45H52F5N5O5. The number of amides is 2. The Kier molecular flexibility index (Phi) is 15.6. The van der Waals surface area contributed by atoms with Gasteiger partial charge in [-0.1, -0.05) is 60.7 Å². The molecule has 2 saturated heterocycles. The Morgan fingerprint density at radius 3 is 1.83 bits per heavy atom. The third kappa shape index (κ3) is 12.9. The molecule has 0 aliphatic carbocycles. The number of benzene rings is 4. The fourth-order valence-electron chi connectivity index (χ4n) is 7.43. The second-order valence-electron chi connectivity index (χ2n) is 16.0. The van der Waals surface area contributed by atoms with Gasteiger partial charge in [0.25, 0.3) is 0 Å². The number of carboxylic acids is 1. The number of hydrogen-bond acceptors (Lipinski definition) is 7. The molecule has 0 bridgehead atoms. The molecule has 0 spiro atoms. The molecule has 10 nitrogen and oxygen atoms in total. The number of aliphatic hydroxyl groups excluding tert-OH is 1. The molecule has 3 unspecified atom stereocenters. The van der Waals surface area contributed by atoms with Gasteiger partial charge in [0, 0.05) is 44.0 Å². The van der Waals surface area contributed by atoms with Crippen molar-refractivity contribution in [2.45, 2.75) is 50.7 Å². The lowest BCUT2D eigenvalue weighted by molar-refractivity contribution is -0.921. The van der Waals surface area contributed by atoms with Crippen LogP contribution in [0.25, 0.3) is 0 Å². The molecule has 3 atom stereocenters. The Morgan fingerprint density at radius 1 is 0.800 bits per heavy atom. The topological polar surface area (TPSA) is 116 Å². The summed E-state index contributed by atoms with van der Waals surface area (Å²) in [6.45, 7) is 7.86. The van der Waals surface area contributed by atoms with Crippen molar-refractivity contribution in [3.05, 3.63) is 137 Å². The number of carboxylic acid groups (broad SMARTS) is 1. The van der Waals surface area contributed by atoms with Crippen LogP contribution in [0.1, 0.15) is 52.8 Å². The van der Waals surface area contributed by atoms with Gasteiger partial charge in [0.05, 0.1) is 44.6 Å². The lowest BCUT2D eigenvalue weighted by Gasteiger charge is -2.48. The van der Waals surface area contributed by atoms with E-state index in [0.717, 1.165) is 67.0 Å². The molecular weight excluding hydrogens is 786 g/mol. The normalized spacial score (nSPS) is 19.1. The lowest BCUT2D eigenvalue weighted by atomic mass is 9.78. The van der Waals surface area contributed by atoms with E-state index in [1.165, 1.54) is 29.8 Å². The van der Waals surface area contributed by atoms with Crippen LogP contribution < -0.4 is 15.3 Å². The Morgan fingerprint density at radius 2 is 1.30 bits per heavy atom. The molecule has 0 aromatic heterocycles. The number of hydrogen-bond donors (Lipinski definition) is 2. The summed E-state index contributed by atoms with van der Waals surface area (Å²) in [7, 11) is 6.74. The zero-order chi connectivity index (χ0) is 43.6. The molecule has 2 aliphatic rings. The van der Waals surface area contributed by atoms with Crippen molar-refractivity contribution >= 4 is 23.5 Å². The highest BCUT2D eigenvalue weighted by Crippen LogP contribution is 2.46. The van der Waals surface area contributed by atoms with Gasteiger partial charge in [0.2, 0.25) is 11.8 Å². The molecule has 0 radical (unpaired) electrons. The number of alkyl halides is 3. The first-order valence-electron chi connectivity index (χ1n) is 19.8. The van der Waals surface area contributed by atoms with Gasteiger partial charge in [-0.2, -0.15) is 13.2 Å². The van der Waals surface area contributed by atoms with Crippen LogP contribution in [0.2, 0.25) is 0 Å². The van der Waals surface area contributed by atoms with Gasteiger partial charge in [-0.25, -0.2) is 8.78 Å². The van der Waals surface area contributed by atoms with Crippen LogP contribution in [0.5, 0.6) is 0 Å². The summed E-state index contributed by atoms with van der Waals surface area (Å²) < 4.78 is 59.7. The van der Waals surface area contributed by atoms with E-state index in [1.807, 2.05) is 24.3 Å². The average molecular weight is 838 g/mol. The van der Waals surface area contributed by atoms with Crippen molar-refractivity contribution in [3.8, 4) is 0 Å². The van der Waals surface area contributed by atoms with E-state index in [-0.39, 0.29) is 29.5 Å². The fourth-order valence-corrected chi connectivity index (χ4v) is 7.43.